The summed E-state index contributed by atoms with van der Waals surface area (Å²) in [6.07, 6.45) is 5.33. The minimum absolute atomic E-state index is 0.0762. The van der Waals surface area contributed by atoms with Gasteiger partial charge < -0.3 is 5.32 Å². The van der Waals surface area contributed by atoms with E-state index in [2.05, 4.69) is 5.32 Å². The lowest BCUT2D eigenvalue weighted by molar-refractivity contribution is -0.127. The minimum Gasteiger partial charge on any atom is -0.351 e. The molecule has 0 aliphatic heterocycles. The first-order chi connectivity index (χ1) is 14.0. The van der Waals surface area contributed by atoms with Crippen molar-refractivity contribution in [3.05, 3.63) is 64.9 Å². The second-order valence-electron chi connectivity index (χ2n) is 7.36. The Labute approximate surface area is 176 Å². The van der Waals surface area contributed by atoms with Gasteiger partial charge in [0.15, 0.2) is 0 Å². The third kappa shape index (κ3) is 5.15. The number of hydrogen-bond acceptors (Lipinski definition) is 2. The first-order valence-electron chi connectivity index (χ1n) is 10.1. The van der Waals surface area contributed by atoms with Crippen LogP contribution in [0.4, 0.5) is 10.1 Å². The lowest BCUT2D eigenvalue weighted by Gasteiger charge is -2.33. The molecular formula is C23H26ClFN2O2. The van der Waals surface area contributed by atoms with E-state index in [1.807, 2.05) is 0 Å². The molecule has 1 saturated carbocycles. The van der Waals surface area contributed by atoms with Crippen LogP contribution in [-0.2, 0) is 9.59 Å². The van der Waals surface area contributed by atoms with Crippen LogP contribution in [0.5, 0.6) is 0 Å². The van der Waals surface area contributed by atoms with Crippen molar-refractivity contribution < 1.29 is 14.0 Å². The van der Waals surface area contributed by atoms with Crippen LogP contribution in [-0.4, -0.2) is 17.9 Å². The number of benzene rings is 2. The van der Waals surface area contributed by atoms with Crippen LogP contribution in [0.25, 0.3) is 0 Å². The molecule has 0 heterocycles. The Balaban J connectivity index is 2.04. The summed E-state index contributed by atoms with van der Waals surface area (Å²) in [7, 11) is 0. The zero-order chi connectivity index (χ0) is 20.8. The second-order valence-corrected chi connectivity index (χ2v) is 7.77. The fourth-order valence-electron chi connectivity index (χ4n) is 3.85. The summed E-state index contributed by atoms with van der Waals surface area (Å²) in [5, 5.41) is 3.49. The Morgan fingerprint density at radius 3 is 2.52 bits per heavy atom. The van der Waals surface area contributed by atoms with Crippen molar-refractivity contribution in [2.24, 2.45) is 0 Å². The molecule has 1 fully saturated rings. The number of hydrogen-bond donors (Lipinski definition) is 1. The molecule has 3 rings (SSSR count). The van der Waals surface area contributed by atoms with Crippen molar-refractivity contribution >= 4 is 29.1 Å². The topological polar surface area (TPSA) is 49.4 Å². The standard InChI is InChI=1S/C23H26ClFN2O2/c1-2-21(28)27(18-12-8-9-16(25)15-18)22(19-13-6-7-14-20(19)24)23(29)26-17-10-4-3-5-11-17/h6-9,12-15,17,22H,2-5,10-11H2,1H3,(H,26,29). The second kappa shape index (κ2) is 9.88. The Morgan fingerprint density at radius 1 is 1.14 bits per heavy atom. The molecule has 29 heavy (non-hydrogen) atoms. The van der Waals surface area contributed by atoms with Crippen molar-refractivity contribution in [2.75, 3.05) is 4.90 Å². The predicted octanol–water partition coefficient (Wildman–Crippen LogP) is 5.41. The van der Waals surface area contributed by atoms with Gasteiger partial charge in [-0.1, -0.05) is 62.1 Å². The summed E-state index contributed by atoms with van der Waals surface area (Å²) in [5.74, 6) is -1.04. The fraction of sp³-hybridized carbons (Fsp3) is 0.391. The maximum absolute atomic E-state index is 13.9. The fourth-order valence-corrected chi connectivity index (χ4v) is 4.09. The lowest BCUT2D eigenvalue weighted by atomic mass is 9.94. The van der Waals surface area contributed by atoms with Crippen LogP contribution in [0.1, 0.15) is 57.1 Å². The summed E-state index contributed by atoms with van der Waals surface area (Å²) < 4.78 is 13.9. The van der Waals surface area contributed by atoms with Crippen LogP contribution in [0.3, 0.4) is 0 Å². The number of anilines is 1. The smallest absolute Gasteiger partial charge is 0.248 e. The highest BCUT2D eigenvalue weighted by Crippen LogP contribution is 2.33. The van der Waals surface area contributed by atoms with Crippen LogP contribution < -0.4 is 10.2 Å². The number of halogens is 2. The predicted molar refractivity (Wildman–Crippen MR) is 113 cm³/mol. The summed E-state index contributed by atoms with van der Waals surface area (Å²) in [6, 6.07) is 11.8. The van der Waals surface area contributed by atoms with E-state index in [1.54, 1.807) is 37.3 Å². The molecule has 1 N–H and O–H groups in total. The van der Waals surface area contributed by atoms with E-state index in [0.717, 1.165) is 25.7 Å². The molecule has 0 bridgehead atoms. The van der Waals surface area contributed by atoms with Crippen molar-refractivity contribution in [3.8, 4) is 0 Å². The van der Waals surface area contributed by atoms with Gasteiger partial charge in [0.05, 0.1) is 0 Å². The van der Waals surface area contributed by atoms with Gasteiger partial charge in [-0.3, -0.25) is 14.5 Å². The summed E-state index contributed by atoms with van der Waals surface area (Å²) in [6.45, 7) is 1.72. The van der Waals surface area contributed by atoms with E-state index in [1.165, 1.54) is 29.5 Å². The molecule has 2 amide bonds. The first-order valence-corrected chi connectivity index (χ1v) is 10.5. The van der Waals surface area contributed by atoms with Crippen LogP contribution in [0.15, 0.2) is 48.5 Å². The van der Waals surface area contributed by atoms with Gasteiger partial charge in [-0.2, -0.15) is 0 Å². The monoisotopic (exact) mass is 416 g/mol. The van der Waals surface area contributed by atoms with E-state index >= 15 is 0 Å². The molecule has 1 aliphatic carbocycles. The molecule has 6 heteroatoms. The number of amides is 2. The summed E-state index contributed by atoms with van der Waals surface area (Å²) in [4.78, 5) is 27.7. The lowest BCUT2D eigenvalue weighted by Crippen LogP contribution is -2.47. The number of carbonyl (C=O) groups is 2. The average molecular weight is 417 g/mol. The molecule has 0 saturated heterocycles. The third-order valence-corrected chi connectivity index (χ3v) is 5.66. The van der Waals surface area contributed by atoms with Gasteiger partial charge in [-0.25, -0.2) is 4.39 Å². The SMILES string of the molecule is CCC(=O)N(c1cccc(F)c1)C(C(=O)NC1CCCCC1)c1ccccc1Cl. The Bertz CT molecular complexity index is 867. The van der Waals surface area contributed by atoms with E-state index < -0.39 is 11.9 Å². The maximum Gasteiger partial charge on any atom is 0.248 e. The largest absolute Gasteiger partial charge is 0.351 e. The van der Waals surface area contributed by atoms with Crippen molar-refractivity contribution in [1.82, 2.24) is 5.32 Å². The number of nitrogens with one attached hydrogen (secondary N) is 1. The van der Waals surface area contributed by atoms with Crippen molar-refractivity contribution in [2.45, 2.75) is 57.5 Å². The van der Waals surface area contributed by atoms with Gasteiger partial charge in [0.1, 0.15) is 11.9 Å². The number of rotatable bonds is 6. The van der Waals surface area contributed by atoms with Crippen molar-refractivity contribution in [3.63, 3.8) is 0 Å². The van der Waals surface area contributed by atoms with E-state index in [9.17, 15) is 14.0 Å². The van der Waals surface area contributed by atoms with E-state index in [-0.39, 0.29) is 24.3 Å². The zero-order valence-corrected chi connectivity index (χ0v) is 17.3. The summed E-state index contributed by atoms with van der Waals surface area (Å²) >= 11 is 6.42. The minimum atomic E-state index is -0.972. The highest BCUT2D eigenvalue weighted by atomic mass is 35.5. The van der Waals surface area contributed by atoms with Gasteiger partial charge in [0.2, 0.25) is 11.8 Å². The molecule has 2 aromatic carbocycles. The Kier molecular flexibility index (Phi) is 7.26. The zero-order valence-electron chi connectivity index (χ0n) is 16.5. The highest BCUT2D eigenvalue weighted by molar-refractivity contribution is 6.31. The molecule has 1 unspecified atom stereocenters. The Hall–Kier alpha value is -2.40. The van der Waals surface area contributed by atoms with Gasteiger partial charge in [0.25, 0.3) is 0 Å². The quantitative estimate of drug-likeness (QED) is 0.684. The average Bonchev–Trinajstić information content (AvgIpc) is 2.73. The molecule has 0 aromatic heterocycles. The van der Waals surface area contributed by atoms with E-state index in [0.29, 0.717) is 16.3 Å². The third-order valence-electron chi connectivity index (χ3n) is 5.32. The highest BCUT2D eigenvalue weighted by Gasteiger charge is 2.34. The first kappa shape index (κ1) is 21.3. The molecule has 4 nitrogen and oxygen atoms in total. The molecule has 1 aliphatic rings. The molecule has 154 valence electrons. The van der Waals surface area contributed by atoms with Crippen LogP contribution in [0, 0.1) is 5.82 Å². The van der Waals surface area contributed by atoms with Gasteiger partial charge in [0, 0.05) is 28.7 Å². The van der Waals surface area contributed by atoms with Crippen molar-refractivity contribution in [1.29, 1.82) is 0 Å². The number of nitrogens with zero attached hydrogens (tertiary/aromatic N) is 1. The van der Waals surface area contributed by atoms with Gasteiger partial charge in [-0.15, -0.1) is 0 Å². The molecule has 0 spiro atoms. The van der Waals surface area contributed by atoms with Gasteiger partial charge >= 0.3 is 0 Å². The molecule has 1 atom stereocenters. The van der Waals surface area contributed by atoms with Crippen LogP contribution >= 0.6 is 11.6 Å². The van der Waals surface area contributed by atoms with Crippen LogP contribution in [0.2, 0.25) is 5.02 Å². The Morgan fingerprint density at radius 2 is 1.86 bits per heavy atom. The molecule has 0 radical (unpaired) electrons. The molecule has 2 aromatic rings. The van der Waals surface area contributed by atoms with E-state index in [4.69, 9.17) is 11.6 Å². The number of carbonyl (C=O) groups excluding carboxylic acids is 2. The maximum atomic E-state index is 13.9. The van der Waals surface area contributed by atoms with Gasteiger partial charge in [-0.05, 0) is 37.1 Å². The normalized spacial score (nSPS) is 15.6. The molecular weight excluding hydrogens is 391 g/mol. The summed E-state index contributed by atoms with van der Waals surface area (Å²) in [5.41, 5.74) is 0.856.